The van der Waals surface area contributed by atoms with Gasteiger partial charge in [0, 0.05) is 17.4 Å². The molecule has 0 radical (unpaired) electrons. The van der Waals surface area contributed by atoms with Gasteiger partial charge in [0.2, 0.25) is 0 Å². The Labute approximate surface area is 121 Å². The Morgan fingerprint density at radius 3 is 2.71 bits per heavy atom. The monoisotopic (exact) mass is 295 g/mol. The van der Waals surface area contributed by atoms with Gasteiger partial charge in [-0.3, -0.25) is 4.79 Å². The van der Waals surface area contributed by atoms with Crippen LogP contribution in [0.5, 0.6) is 0 Å². The number of nitrogens with one attached hydrogen (secondary N) is 1. The highest BCUT2D eigenvalue weighted by atomic mass is 19.1. The first-order chi connectivity index (χ1) is 10.1. The van der Waals surface area contributed by atoms with Crippen LogP contribution in [0.4, 0.5) is 4.39 Å². The van der Waals surface area contributed by atoms with Crippen LogP contribution in [-0.4, -0.2) is 32.2 Å². The average Bonchev–Trinajstić information content (AvgIpc) is 2.99. The van der Waals surface area contributed by atoms with E-state index in [1.807, 2.05) is 12.4 Å². The number of rotatable bonds is 4. The lowest BCUT2D eigenvalue weighted by Crippen LogP contribution is -2.35. The Bertz CT molecular complexity index is 533. The molecular formula is C13H15BFNO5. The van der Waals surface area contributed by atoms with Crippen molar-refractivity contribution >= 4 is 24.5 Å². The van der Waals surface area contributed by atoms with Gasteiger partial charge in [-0.25, -0.2) is 9.18 Å². The Morgan fingerprint density at radius 1 is 1.38 bits per heavy atom. The molecule has 2 rings (SSSR count). The molecule has 1 aromatic rings. The first-order valence-corrected chi connectivity index (χ1v) is 6.64. The quantitative estimate of drug-likeness (QED) is 0.649. The maximum Gasteiger partial charge on any atom is 0.497 e. The smallest absolute Gasteiger partial charge is 0.405 e. The number of hydrogen-bond acceptors (Lipinski definition) is 5. The molecule has 0 unspecified atom stereocenters. The summed E-state index contributed by atoms with van der Waals surface area (Å²) in [4.78, 5) is 27.4. The van der Waals surface area contributed by atoms with E-state index in [0.717, 1.165) is 6.07 Å². The number of carbonyl (C=O) groups excluding carboxylic acids is 2. The molecule has 21 heavy (non-hydrogen) atoms. The van der Waals surface area contributed by atoms with Crippen molar-refractivity contribution in [1.82, 2.24) is 5.48 Å². The summed E-state index contributed by atoms with van der Waals surface area (Å²) in [6, 6.07) is 3.86. The van der Waals surface area contributed by atoms with Crippen molar-refractivity contribution < 1.29 is 28.1 Å². The largest absolute Gasteiger partial charge is 0.497 e. The summed E-state index contributed by atoms with van der Waals surface area (Å²) in [7, 11) is -0.746. The minimum atomic E-state index is -0.746. The van der Waals surface area contributed by atoms with Gasteiger partial charge < -0.3 is 14.1 Å². The van der Waals surface area contributed by atoms with Crippen molar-refractivity contribution in [3.63, 3.8) is 0 Å². The number of amides is 1. The van der Waals surface area contributed by atoms with Crippen molar-refractivity contribution in [2.24, 2.45) is 0 Å². The van der Waals surface area contributed by atoms with Gasteiger partial charge in [-0.05, 0) is 18.6 Å². The van der Waals surface area contributed by atoms with E-state index >= 15 is 0 Å². The molecule has 0 atom stereocenters. The number of hydrogen-bond donors (Lipinski definition) is 1. The van der Waals surface area contributed by atoms with E-state index in [-0.39, 0.29) is 17.4 Å². The SMILES string of the molecule is CCCC(=O)ONC(=O)c1ccc(B2OCCO2)c(F)c1. The molecule has 0 saturated carbocycles. The zero-order chi connectivity index (χ0) is 15.2. The van der Waals surface area contributed by atoms with Crippen LogP contribution in [0.15, 0.2) is 18.2 Å². The topological polar surface area (TPSA) is 73.9 Å². The van der Waals surface area contributed by atoms with Gasteiger partial charge in [-0.15, -0.1) is 0 Å². The third-order valence-corrected chi connectivity index (χ3v) is 2.85. The number of hydroxylamine groups is 1. The van der Waals surface area contributed by atoms with Crippen LogP contribution in [0, 0.1) is 5.82 Å². The molecule has 1 saturated heterocycles. The molecular weight excluding hydrogens is 280 g/mol. The maximum atomic E-state index is 13.9. The van der Waals surface area contributed by atoms with Crippen LogP contribution in [0.3, 0.4) is 0 Å². The lowest BCUT2D eigenvalue weighted by molar-refractivity contribution is -0.149. The van der Waals surface area contributed by atoms with Gasteiger partial charge in [0.25, 0.3) is 5.91 Å². The molecule has 8 heteroatoms. The Morgan fingerprint density at radius 2 is 2.10 bits per heavy atom. The fraction of sp³-hybridized carbons (Fsp3) is 0.385. The van der Waals surface area contributed by atoms with Crippen molar-refractivity contribution in [3.8, 4) is 0 Å². The van der Waals surface area contributed by atoms with Crippen LogP contribution in [0.25, 0.3) is 0 Å². The predicted octanol–water partition coefficient (Wildman–Crippen LogP) is 0.556. The molecule has 1 amide bonds. The lowest BCUT2D eigenvalue weighted by atomic mass is 9.78. The number of benzene rings is 1. The highest BCUT2D eigenvalue weighted by molar-refractivity contribution is 6.61. The summed E-state index contributed by atoms with van der Waals surface area (Å²) < 4.78 is 24.3. The molecule has 1 N–H and O–H groups in total. The normalized spacial score (nSPS) is 14.1. The molecule has 1 aromatic carbocycles. The van der Waals surface area contributed by atoms with Crippen LogP contribution in [0.1, 0.15) is 30.1 Å². The molecule has 0 bridgehead atoms. The van der Waals surface area contributed by atoms with Crippen molar-refractivity contribution in [3.05, 3.63) is 29.6 Å². The summed E-state index contributed by atoms with van der Waals surface area (Å²) in [6.45, 7) is 2.61. The maximum absolute atomic E-state index is 13.9. The second-order valence-electron chi connectivity index (χ2n) is 4.47. The first-order valence-electron chi connectivity index (χ1n) is 6.64. The molecule has 0 spiro atoms. The zero-order valence-corrected chi connectivity index (χ0v) is 11.6. The van der Waals surface area contributed by atoms with Crippen molar-refractivity contribution in [2.75, 3.05) is 13.2 Å². The third-order valence-electron chi connectivity index (χ3n) is 2.85. The van der Waals surface area contributed by atoms with Crippen LogP contribution < -0.4 is 10.9 Å². The number of halogens is 1. The average molecular weight is 295 g/mol. The van der Waals surface area contributed by atoms with E-state index in [0.29, 0.717) is 19.6 Å². The van der Waals surface area contributed by atoms with E-state index < -0.39 is 24.8 Å². The molecule has 0 aliphatic carbocycles. The standard InChI is InChI=1S/C13H15BFNO5/c1-2-3-12(17)21-16-13(18)9-4-5-10(11(15)8-9)14-19-6-7-20-14/h4-5,8H,2-3,6-7H2,1H3,(H,16,18). The van der Waals surface area contributed by atoms with Crippen LogP contribution in [-0.2, 0) is 18.9 Å². The van der Waals surface area contributed by atoms with Gasteiger partial charge in [0.05, 0.1) is 13.2 Å². The minimum Gasteiger partial charge on any atom is -0.405 e. The van der Waals surface area contributed by atoms with Gasteiger partial charge in [0.1, 0.15) is 5.82 Å². The van der Waals surface area contributed by atoms with Gasteiger partial charge in [-0.2, -0.15) is 5.48 Å². The molecule has 1 fully saturated rings. The summed E-state index contributed by atoms with van der Waals surface area (Å²) in [5, 5.41) is 0. The van der Waals surface area contributed by atoms with E-state index in [2.05, 4.69) is 4.84 Å². The molecule has 1 aliphatic rings. The summed E-state index contributed by atoms with van der Waals surface area (Å²) in [5.41, 5.74) is 2.25. The zero-order valence-electron chi connectivity index (χ0n) is 11.6. The van der Waals surface area contributed by atoms with Crippen molar-refractivity contribution in [1.29, 1.82) is 0 Å². The Kier molecular flexibility index (Phi) is 5.29. The highest BCUT2D eigenvalue weighted by Crippen LogP contribution is 2.07. The highest BCUT2D eigenvalue weighted by Gasteiger charge is 2.29. The van der Waals surface area contributed by atoms with Crippen LogP contribution >= 0.6 is 0 Å². The summed E-state index contributed by atoms with van der Waals surface area (Å²) >= 11 is 0. The van der Waals surface area contributed by atoms with E-state index in [9.17, 15) is 14.0 Å². The van der Waals surface area contributed by atoms with E-state index in [1.165, 1.54) is 12.1 Å². The van der Waals surface area contributed by atoms with Gasteiger partial charge in [0.15, 0.2) is 0 Å². The molecule has 112 valence electrons. The van der Waals surface area contributed by atoms with E-state index in [4.69, 9.17) is 9.31 Å². The van der Waals surface area contributed by atoms with Crippen molar-refractivity contribution in [2.45, 2.75) is 19.8 Å². The number of carbonyl (C=O) groups is 2. The van der Waals surface area contributed by atoms with Gasteiger partial charge >= 0.3 is 13.1 Å². The fourth-order valence-corrected chi connectivity index (χ4v) is 1.81. The van der Waals surface area contributed by atoms with Crippen LogP contribution in [0.2, 0.25) is 0 Å². The molecule has 0 aromatic heterocycles. The predicted molar refractivity (Wildman–Crippen MR) is 72.2 cm³/mol. The van der Waals surface area contributed by atoms with E-state index in [1.54, 1.807) is 0 Å². The minimum absolute atomic E-state index is 0.0403. The first kappa shape index (κ1) is 15.5. The molecule has 1 heterocycles. The summed E-state index contributed by atoms with van der Waals surface area (Å²) in [5.74, 6) is -1.86. The fourth-order valence-electron chi connectivity index (χ4n) is 1.81. The second-order valence-corrected chi connectivity index (χ2v) is 4.47. The Hall–Kier alpha value is -1.93. The Balaban J connectivity index is 1.98. The second kappa shape index (κ2) is 7.19. The molecule has 6 nitrogen and oxygen atoms in total. The summed E-state index contributed by atoms with van der Waals surface area (Å²) in [6.07, 6.45) is 0.809. The third kappa shape index (κ3) is 4.02. The molecule has 1 aliphatic heterocycles. The van der Waals surface area contributed by atoms with Gasteiger partial charge in [-0.1, -0.05) is 13.0 Å². The lowest BCUT2D eigenvalue weighted by Gasteiger charge is -2.08.